The van der Waals surface area contributed by atoms with Crippen LogP contribution in [0.2, 0.25) is 0 Å². The van der Waals surface area contributed by atoms with Crippen LogP contribution in [0.25, 0.3) is 0 Å². The van der Waals surface area contributed by atoms with Gasteiger partial charge in [0.2, 0.25) is 11.8 Å². The molecule has 3 atom stereocenters. The zero-order valence-electron chi connectivity index (χ0n) is 14.2. The fraction of sp³-hybridized carbons (Fsp3) is 0.667. The number of nitrogens with zero attached hydrogens (tertiary/aromatic N) is 3. The van der Waals surface area contributed by atoms with Crippen molar-refractivity contribution in [2.45, 2.75) is 38.0 Å². The highest BCUT2D eigenvalue weighted by Gasteiger charge is 2.49. The molecule has 1 aromatic rings. The molecule has 1 aromatic heterocycles. The lowest BCUT2D eigenvalue weighted by atomic mass is 10.0. The largest absolute Gasteiger partial charge is 0.481 e. The van der Waals surface area contributed by atoms with Gasteiger partial charge in [-0.1, -0.05) is 6.07 Å². The van der Waals surface area contributed by atoms with E-state index in [9.17, 15) is 4.79 Å². The maximum absolute atomic E-state index is 12.9. The molecule has 0 aromatic carbocycles. The number of fused-ring (bicyclic) bond motifs is 1. The molecule has 3 saturated heterocycles. The highest BCUT2D eigenvalue weighted by Crippen LogP contribution is 2.35. The average molecular weight is 331 g/mol. The zero-order valence-corrected chi connectivity index (χ0v) is 14.2. The molecule has 4 rings (SSSR count). The minimum Gasteiger partial charge on any atom is -0.481 e. The van der Waals surface area contributed by atoms with Crippen LogP contribution in [0.15, 0.2) is 18.2 Å². The minimum absolute atomic E-state index is 0.0267. The van der Waals surface area contributed by atoms with Gasteiger partial charge in [-0.25, -0.2) is 4.98 Å². The molecule has 6 heteroatoms. The molecule has 3 fully saturated rings. The van der Waals surface area contributed by atoms with Gasteiger partial charge < -0.3 is 14.4 Å². The van der Waals surface area contributed by atoms with Crippen LogP contribution < -0.4 is 4.74 Å². The van der Waals surface area contributed by atoms with E-state index in [2.05, 4.69) is 9.88 Å². The van der Waals surface area contributed by atoms with Gasteiger partial charge in [0.25, 0.3) is 0 Å². The van der Waals surface area contributed by atoms with Crippen LogP contribution in [0.3, 0.4) is 0 Å². The smallest absolute Gasteiger partial charge is 0.229 e. The van der Waals surface area contributed by atoms with Crippen molar-refractivity contribution >= 4 is 5.91 Å². The van der Waals surface area contributed by atoms with Gasteiger partial charge in [0.15, 0.2) is 0 Å². The Labute approximate surface area is 142 Å². The third-order valence-corrected chi connectivity index (χ3v) is 5.49. The van der Waals surface area contributed by atoms with Crippen molar-refractivity contribution in [2.75, 3.05) is 33.4 Å². The van der Waals surface area contributed by atoms with Crippen LogP contribution in [-0.2, 0) is 16.1 Å². The zero-order chi connectivity index (χ0) is 16.5. The molecular weight excluding hydrogens is 306 g/mol. The van der Waals surface area contributed by atoms with Gasteiger partial charge in [0.1, 0.15) is 0 Å². The third-order valence-electron chi connectivity index (χ3n) is 5.49. The van der Waals surface area contributed by atoms with Crippen molar-refractivity contribution in [2.24, 2.45) is 5.92 Å². The maximum Gasteiger partial charge on any atom is 0.229 e. The lowest BCUT2D eigenvalue weighted by Gasteiger charge is -2.23. The summed E-state index contributed by atoms with van der Waals surface area (Å²) in [5, 5.41) is 0. The van der Waals surface area contributed by atoms with Crippen LogP contribution >= 0.6 is 0 Å². The summed E-state index contributed by atoms with van der Waals surface area (Å²) in [5.74, 6) is 0.891. The summed E-state index contributed by atoms with van der Waals surface area (Å²) < 4.78 is 11.2. The van der Waals surface area contributed by atoms with Gasteiger partial charge in [0.05, 0.1) is 24.8 Å². The van der Waals surface area contributed by atoms with Crippen molar-refractivity contribution in [3.05, 3.63) is 23.9 Å². The SMILES string of the molecule is COc1cccc(CN2C[C@H](C(=O)N3CCCC3)[C@H]3OCC[C@H]32)n1. The van der Waals surface area contributed by atoms with Gasteiger partial charge in [-0.2, -0.15) is 0 Å². The number of carbonyl (C=O) groups is 1. The normalized spacial score (nSPS) is 29.9. The molecule has 3 aliphatic heterocycles. The predicted molar refractivity (Wildman–Crippen MR) is 88.6 cm³/mol. The Balaban J connectivity index is 1.48. The molecule has 1 amide bonds. The summed E-state index contributed by atoms with van der Waals surface area (Å²) in [5.41, 5.74) is 0.981. The van der Waals surface area contributed by atoms with Crippen LogP contribution in [0.1, 0.15) is 25.0 Å². The Bertz CT molecular complexity index is 603. The van der Waals surface area contributed by atoms with Crippen LogP contribution in [0.5, 0.6) is 5.88 Å². The van der Waals surface area contributed by atoms with E-state index >= 15 is 0 Å². The van der Waals surface area contributed by atoms with Crippen molar-refractivity contribution < 1.29 is 14.3 Å². The predicted octanol–water partition coefficient (Wildman–Crippen LogP) is 1.30. The molecule has 24 heavy (non-hydrogen) atoms. The van der Waals surface area contributed by atoms with E-state index in [0.717, 1.165) is 57.7 Å². The van der Waals surface area contributed by atoms with E-state index in [1.807, 2.05) is 23.1 Å². The van der Waals surface area contributed by atoms with Gasteiger partial charge in [0, 0.05) is 44.9 Å². The molecule has 130 valence electrons. The number of pyridine rings is 1. The quantitative estimate of drug-likeness (QED) is 0.832. The molecule has 0 saturated carbocycles. The Hall–Kier alpha value is -1.66. The fourth-order valence-electron chi connectivity index (χ4n) is 4.31. The first-order chi connectivity index (χ1) is 11.8. The van der Waals surface area contributed by atoms with E-state index in [0.29, 0.717) is 11.9 Å². The minimum atomic E-state index is -0.0267. The third kappa shape index (κ3) is 2.89. The summed E-state index contributed by atoms with van der Waals surface area (Å²) in [6, 6.07) is 6.17. The van der Waals surface area contributed by atoms with E-state index in [1.165, 1.54) is 0 Å². The molecule has 0 radical (unpaired) electrons. The highest BCUT2D eigenvalue weighted by atomic mass is 16.5. The monoisotopic (exact) mass is 331 g/mol. The standard InChI is InChI=1S/C18H25N3O3/c1-23-16-6-4-5-13(19-16)11-21-12-14(17-15(21)7-10-24-17)18(22)20-8-2-3-9-20/h4-6,14-15,17H,2-3,7-12H2,1H3/t14-,15+,17+/m0/s1. The number of likely N-dealkylation sites (tertiary alicyclic amines) is 2. The molecule has 4 heterocycles. The number of methoxy groups -OCH3 is 1. The summed E-state index contributed by atoms with van der Waals surface area (Å²) in [7, 11) is 1.63. The number of aromatic nitrogens is 1. The summed E-state index contributed by atoms with van der Waals surface area (Å²) in [6.45, 7) is 4.07. The number of rotatable bonds is 4. The van der Waals surface area contributed by atoms with Gasteiger partial charge in [-0.15, -0.1) is 0 Å². The van der Waals surface area contributed by atoms with Crippen molar-refractivity contribution in [3.63, 3.8) is 0 Å². The first-order valence-electron chi connectivity index (χ1n) is 8.90. The number of hydrogen-bond acceptors (Lipinski definition) is 5. The second kappa shape index (κ2) is 6.69. The molecule has 3 aliphatic rings. The van der Waals surface area contributed by atoms with E-state index in [4.69, 9.17) is 9.47 Å². The summed E-state index contributed by atoms with van der Waals surface area (Å²) in [6.07, 6.45) is 3.30. The first-order valence-corrected chi connectivity index (χ1v) is 8.90. The summed E-state index contributed by atoms with van der Waals surface area (Å²) >= 11 is 0. The molecule has 0 bridgehead atoms. The average Bonchev–Trinajstić information content (AvgIpc) is 3.33. The van der Waals surface area contributed by atoms with Gasteiger partial charge in [-0.3, -0.25) is 9.69 Å². The van der Waals surface area contributed by atoms with Crippen LogP contribution in [-0.4, -0.2) is 66.2 Å². The van der Waals surface area contributed by atoms with E-state index in [1.54, 1.807) is 7.11 Å². The van der Waals surface area contributed by atoms with Gasteiger partial charge >= 0.3 is 0 Å². The molecule has 0 spiro atoms. The molecule has 0 N–H and O–H groups in total. The number of hydrogen-bond donors (Lipinski definition) is 0. The molecular formula is C18H25N3O3. The van der Waals surface area contributed by atoms with E-state index < -0.39 is 0 Å². The summed E-state index contributed by atoms with van der Waals surface area (Å²) in [4.78, 5) is 21.8. The second-order valence-corrected chi connectivity index (χ2v) is 6.93. The molecule has 0 unspecified atom stereocenters. The lowest BCUT2D eigenvalue weighted by molar-refractivity contribution is -0.137. The Morgan fingerprint density at radius 2 is 2.21 bits per heavy atom. The topological polar surface area (TPSA) is 54.9 Å². The van der Waals surface area contributed by atoms with Crippen LogP contribution in [0.4, 0.5) is 0 Å². The first kappa shape index (κ1) is 15.8. The van der Waals surface area contributed by atoms with Crippen molar-refractivity contribution in [1.29, 1.82) is 0 Å². The number of carbonyl (C=O) groups excluding carboxylic acids is 1. The van der Waals surface area contributed by atoms with E-state index in [-0.39, 0.29) is 17.9 Å². The number of amides is 1. The second-order valence-electron chi connectivity index (χ2n) is 6.93. The highest BCUT2D eigenvalue weighted by molar-refractivity contribution is 5.80. The maximum atomic E-state index is 12.9. The number of ether oxygens (including phenoxy) is 2. The Morgan fingerprint density at radius 3 is 3.00 bits per heavy atom. The van der Waals surface area contributed by atoms with Crippen molar-refractivity contribution in [1.82, 2.24) is 14.8 Å². The Morgan fingerprint density at radius 1 is 1.38 bits per heavy atom. The van der Waals surface area contributed by atoms with Gasteiger partial charge in [-0.05, 0) is 25.3 Å². The molecule has 0 aliphatic carbocycles. The van der Waals surface area contributed by atoms with Crippen LogP contribution in [0, 0.1) is 5.92 Å². The fourth-order valence-corrected chi connectivity index (χ4v) is 4.31. The molecule has 6 nitrogen and oxygen atoms in total. The Kier molecular flexibility index (Phi) is 4.41. The van der Waals surface area contributed by atoms with Crippen molar-refractivity contribution in [3.8, 4) is 5.88 Å². The lowest BCUT2D eigenvalue weighted by Crippen LogP contribution is -2.39.